The highest BCUT2D eigenvalue weighted by atomic mass is 35.5. The number of anilines is 1. The van der Waals surface area contributed by atoms with Gasteiger partial charge in [-0.3, -0.25) is 9.69 Å². The molecular formula is C26H23ClN2O2. The summed E-state index contributed by atoms with van der Waals surface area (Å²) in [7, 11) is 0. The van der Waals surface area contributed by atoms with Crippen molar-refractivity contribution in [3.05, 3.63) is 99.7 Å². The van der Waals surface area contributed by atoms with Crippen molar-refractivity contribution in [3.63, 3.8) is 0 Å². The number of benzene rings is 3. The number of hydrogen-bond acceptors (Lipinski definition) is 3. The largest absolute Gasteiger partial charge is 0.508 e. The Kier molecular flexibility index (Phi) is 5.66. The molecule has 0 atom stereocenters. The lowest BCUT2D eigenvalue weighted by molar-refractivity contribution is -0.113. The van der Waals surface area contributed by atoms with Crippen LogP contribution in [0.15, 0.2) is 77.4 Å². The smallest absolute Gasteiger partial charge is 0.296 e. The summed E-state index contributed by atoms with van der Waals surface area (Å²) in [6, 6.07) is 20.6. The number of amidine groups is 1. The number of aliphatic imine (C=N–C) groups is 1. The third-order valence-corrected chi connectivity index (χ3v) is 5.54. The normalized spacial score (nSPS) is 15.1. The fourth-order valence-corrected chi connectivity index (χ4v) is 3.81. The third-order valence-electron chi connectivity index (χ3n) is 5.29. The fourth-order valence-electron chi connectivity index (χ4n) is 3.68. The molecular weight excluding hydrogens is 408 g/mol. The molecule has 0 spiro atoms. The summed E-state index contributed by atoms with van der Waals surface area (Å²) in [5.74, 6) is 0.628. The third kappa shape index (κ3) is 4.12. The molecule has 4 rings (SSSR count). The average Bonchev–Trinajstić information content (AvgIpc) is 3.06. The lowest BCUT2D eigenvalue weighted by Gasteiger charge is -2.25. The van der Waals surface area contributed by atoms with Crippen molar-refractivity contribution in [2.45, 2.75) is 26.7 Å². The number of aromatic hydroxyl groups is 1. The van der Waals surface area contributed by atoms with Crippen LogP contribution in [0.25, 0.3) is 6.08 Å². The molecule has 1 aliphatic rings. The number of aryl methyl sites for hydroxylation is 1. The van der Waals surface area contributed by atoms with E-state index in [1.54, 1.807) is 18.2 Å². The van der Waals surface area contributed by atoms with E-state index in [0.717, 1.165) is 27.9 Å². The molecule has 31 heavy (non-hydrogen) atoms. The highest BCUT2D eigenvalue weighted by Gasteiger charge is 2.33. The number of nitrogens with zero attached hydrogens (tertiary/aromatic N) is 2. The van der Waals surface area contributed by atoms with Crippen LogP contribution in [0, 0.1) is 6.92 Å². The van der Waals surface area contributed by atoms with Gasteiger partial charge in [0.25, 0.3) is 5.91 Å². The molecule has 1 amide bonds. The molecule has 1 aliphatic heterocycles. The zero-order chi connectivity index (χ0) is 22.1. The Morgan fingerprint density at radius 2 is 1.71 bits per heavy atom. The van der Waals surface area contributed by atoms with Crippen LogP contribution < -0.4 is 4.90 Å². The van der Waals surface area contributed by atoms with Gasteiger partial charge in [0.1, 0.15) is 17.3 Å². The monoisotopic (exact) mass is 430 g/mol. The number of phenols is 1. The van der Waals surface area contributed by atoms with Gasteiger partial charge in [-0.1, -0.05) is 67.9 Å². The predicted molar refractivity (Wildman–Crippen MR) is 127 cm³/mol. The molecule has 0 aliphatic carbocycles. The highest BCUT2D eigenvalue weighted by Crippen LogP contribution is 2.37. The van der Waals surface area contributed by atoms with Gasteiger partial charge in [-0.05, 0) is 59.9 Å². The van der Waals surface area contributed by atoms with Crippen LogP contribution >= 0.6 is 11.6 Å². The minimum absolute atomic E-state index is 0.124. The first-order valence-electron chi connectivity index (χ1n) is 10.1. The Balaban J connectivity index is 1.92. The van der Waals surface area contributed by atoms with Crippen molar-refractivity contribution >= 4 is 35.1 Å². The molecule has 0 saturated carbocycles. The van der Waals surface area contributed by atoms with E-state index in [0.29, 0.717) is 16.6 Å². The predicted octanol–water partition coefficient (Wildman–Crippen LogP) is 6.31. The summed E-state index contributed by atoms with van der Waals surface area (Å²) in [5, 5.41) is 11.1. The maximum atomic E-state index is 13.0. The second-order valence-corrected chi connectivity index (χ2v) is 8.31. The van der Waals surface area contributed by atoms with Crippen LogP contribution in [0.4, 0.5) is 5.69 Å². The number of carbonyl (C=O) groups is 1. The van der Waals surface area contributed by atoms with Gasteiger partial charge in [-0.25, -0.2) is 0 Å². The van der Waals surface area contributed by atoms with E-state index in [9.17, 15) is 9.90 Å². The number of carbonyl (C=O) groups excluding carboxylic acids is 1. The molecule has 3 aromatic carbocycles. The number of hydrogen-bond donors (Lipinski definition) is 1. The van der Waals surface area contributed by atoms with Crippen molar-refractivity contribution in [2.75, 3.05) is 4.90 Å². The molecule has 1 heterocycles. The Morgan fingerprint density at radius 3 is 2.35 bits per heavy atom. The summed E-state index contributed by atoms with van der Waals surface area (Å²) in [5.41, 5.74) is 4.62. The van der Waals surface area contributed by atoms with Gasteiger partial charge in [0.15, 0.2) is 0 Å². The minimum atomic E-state index is -0.313. The number of halogens is 1. The van der Waals surface area contributed by atoms with Crippen LogP contribution in [0.5, 0.6) is 5.75 Å². The molecule has 0 saturated heterocycles. The van der Waals surface area contributed by atoms with Gasteiger partial charge in [0.2, 0.25) is 0 Å². The maximum absolute atomic E-state index is 13.0. The van der Waals surface area contributed by atoms with E-state index in [1.807, 2.05) is 80.3 Å². The minimum Gasteiger partial charge on any atom is -0.508 e. The van der Waals surface area contributed by atoms with Crippen LogP contribution in [0.3, 0.4) is 0 Å². The van der Waals surface area contributed by atoms with Gasteiger partial charge in [0, 0.05) is 10.6 Å². The van der Waals surface area contributed by atoms with Crippen molar-refractivity contribution in [3.8, 4) is 5.75 Å². The summed E-state index contributed by atoms with van der Waals surface area (Å²) >= 11 is 6.02. The average molecular weight is 431 g/mol. The molecule has 5 heteroatoms. The van der Waals surface area contributed by atoms with E-state index in [4.69, 9.17) is 11.6 Å². The first-order valence-corrected chi connectivity index (χ1v) is 10.5. The standard InChI is InChI=1S/C26H23ClN2O2/c1-16(2)21-15-22(17(3)13-24(21)30)29-23(14-18-9-11-20(27)12-10-18)26(31)28-25(29)19-7-5-4-6-8-19/h4-16,30H,1-3H3/b23-14+. The van der Waals surface area contributed by atoms with E-state index in [-0.39, 0.29) is 17.6 Å². The van der Waals surface area contributed by atoms with E-state index in [1.165, 1.54) is 0 Å². The highest BCUT2D eigenvalue weighted by molar-refractivity contribution is 6.30. The Hall–Kier alpha value is -3.37. The number of phenolic OH excluding ortho intramolecular Hbond substituents is 1. The molecule has 156 valence electrons. The van der Waals surface area contributed by atoms with Gasteiger partial charge >= 0.3 is 0 Å². The van der Waals surface area contributed by atoms with E-state index >= 15 is 0 Å². The molecule has 1 N–H and O–H groups in total. The molecule has 3 aromatic rings. The molecule has 0 fully saturated rings. The molecule has 0 aromatic heterocycles. The van der Waals surface area contributed by atoms with Crippen LogP contribution in [0.1, 0.15) is 42.0 Å². The molecule has 0 bridgehead atoms. The summed E-state index contributed by atoms with van der Waals surface area (Å²) < 4.78 is 0. The summed E-state index contributed by atoms with van der Waals surface area (Å²) in [6.45, 7) is 5.98. The summed E-state index contributed by atoms with van der Waals surface area (Å²) in [4.78, 5) is 19.3. The first-order chi connectivity index (χ1) is 14.8. The second kappa shape index (κ2) is 8.40. The molecule has 0 unspecified atom stereocenters. The van der Waals surface area contributed by atoms with Gasteiger partial charge in [-0.15, -0.1) is 0 Å². The fraction of sp³-hybridized carbons (Fsp3) is 0.154. The number of rotatable bonds is 4. The molecule has 0 radical (unpaired) electrons. The number of amides is 1. The first kappa shape index (κ1) is 20.9. The van der Waals surface area contributed by atoms with Gasteiger partial charge < -0.3 is 5.11 Å². The van der Waals surface area contributed by atoms with Gasteiger partial charge in [0.05, 0.1) is 5.69 Å². The topological polar surface area (TPSA) is 52.9 Å². The lowest BCUT2D eigenvalue weighted by atomic mass is 9.98. The molecule has 4 nitrogen and oxygen atoms in total. The Morgan fingerprint density at radius 1 is 1.03 bits per heavy atom. The summed E-state index contributed by atoms with van der Waals surface area (Å²) in [6.07, 6.45) is 1.82. The Bertz CT molecular complexity index is 1200. The van der Waals surface area contributed by atoms with Crippen LogP contribution in [0.2, 0.25) is 5.02 Å². The van der Waals surface area contributed by atoms with Crippen molar-refractivity contribution in [2.24, 2.45) is 4.99 Å². The van der Waals surface area contributed by atoms with Crippen LogP contribution in [-0.2, 0) is 4.79 Å². The van der Waals surface area contributed by atoms with Crippen molar-refractivity contribution in [1.29, 1.82) is 0 Å². The van der Waals surface area contributed by atoms with Crippen LogP contribution in [-0.4, -0.2) is 16.8 Å². The Labute approximate surface area is 187 Å². The zero-order valence-corrected chi connectivity index (χ0v) is 18.4. The lowest BCUT2D eigenvalue weighted by Crippen LogP contribution is -2.28. The van der Waals surface area contributed by atoms with E-state index < -0.39 is 0 Å². The quantitative estimate of drug-likeness (QED) is 0.493. The SMILES string of the molecule is Cc1cc(O)c(C(C)C)cc1N1C(c2ccccc2)=NC(=O)/C1=C\c1ccc(Cl)cc1. The maximum Gasteiger partial charge on any atom is 0.296 e. The van der Waals surface area contributed by atoms with E-state index in [2.05, 4.69) is 4.99 Å². The van der Waals surface area contributed by atoms with Crippen molar-refractivity contribution in [1.82, 2.24) is 0 Å². The van der Waals surface area contributed by atoms with Crippen molar-refractivity contribution < 1.29 is 9.90 Å². The zero-order valence-electron chi connectivity index (χ0n) is 17.6. The second-order valence-electron chi connectivity index (χ2n) is 7.88. The van der Waals surface area contributed by atoms with Gasteiger partial charge in [-0.2, -0.15) is 4.99 Å².